The third-order valence-electron chi connectivity index (χ3n) is 2.79. The van der Waals surface area contributed by atoms with Crippen molar-refractivity contribution in [3.8, 4) is 10.6 Å². The minimum absolute atomic E-state index is 0.261. The van der Waals surface area contributed by atoms with Crippen LogP contribution in [0.15, 0.2) is 5.38 Å². The molecule has 0 aromatic carbocycles. The van der Waals surface area contributed by atoms with Crippen LogP contribution in [0, 0.1) is 6.92 Å². The van der Waals surface area contributed by atoms with E-state index in [4.69, 9.17) is 5.73 Å². The highest BCUT2D eigenvalue weighted by Gasteiger charge is 2.16. The Labute approximate surface area is 120 Å². The van der Waals surface area contributed by atoms with E-state index in [1.165, 1.54) is 11.5 Å². The summed E-state index contributed by atoms with van der Waals surface area (Å²) in [5, 5.41) is 16.6. The molecule has 2 rings (SSSR count). The standard InChI is InChI=1S/C12H18N4OS2/c1-3-8(17)4-5-14-11-9(10(13)16-19-11)12-15-7(2)6-18-12/h6,8,14,17H,3-5H2,1-2H3,(H2,13,16). The number of anilines is 2. The maximum atomic E-state index is 9.54. The van der Waals surface area contributed by atoms with Crippen LogP contribution in [0.1, 0.15) is 25.5 Å². The maximum Gasteiger partial charge on any atom is 0.149 e. The average Bonchev–Trinajstić information content (AvgIpc) is 2.95. The summed E-state index contributed by atoms with van der Waals surface area (Å²) in [7, 11) is 0. The molecule has 2 heterocycles. The van der Waals surface area contributed by atoms with Crippen molar-refractivity contribution in [2.75, 3.05) is 17.6 Å². The summed E-state index contributed by atoms with van der Waals surface area (Å²) in [5.41, 5.74) is 7.78. The van der Waals surface area contributed by atoms with Crippen molar-refractivity contribution in [3.05, 3.63) is 11.1 Å². The number of nitrogens with zero attached hydrogens (tertiary/aromatic N) is 2. The molecule has 1 unspecified atom stereocenters. The molecule has 0 bridgehead atoms. The number of nitrogens with two attached hydrogens (primary N) is 1. The predicted molar refractivity (Wildman–Crippen MR) is 81.8 cm³/mol. The molecule has 1 atom stereocenters. The van der Waals surface area contributed by atoms with Gasteiger partial charge in [0, 0.05) is 17.6 Å². The number of nitrogen functional groups attached to an aromatic ring is 1. The lowest BCUT2D eigenvalue weighted by molar-refractivity contribution is 0.164. The second-order valence-corrected chi connectivity index (χ2v) is 5.98. The van der Waals surface area contributed by atoms with E-state index < -0.39 is 0 Å². The molecule has 2 aromatic heterocycles. The number of rotatable bonds is 6. The van der Waals surface area contributed by atoms with E-state index in [0.29, 0.717) is 18.8 Å². The van der Waals surface area contributed by atoms with Crippen molar-refractivity contribution in [1.29, 1.82) is 0 Å². The Kier molecular flexibility index (Phi) is 4.73. The van der Waals surface area contributed by atoms with Crippen LogP contribution in [-0.4, -0.2) is 27.1 Å². The van der Waals surface area contributed by atoms with Crippen molar-refractivity contribution in [1.82, 2.24) is 9.36 Å². The first-order valence-electron chi connectivity index (χ1n) is 6.21. The zero-order chi connectivity index (χ0) is 13.8. The van der Waals surface area contributed by atoms with Crippen molar-refractivity contribution >= 4 is 33.7 Å². The zero-order valence-corrected chi connectivity index (χ0v) is 12.6. The summed E-state index contributed by atoms with van der Waals surface area (Å²) in [5.74, 6) is 0.512. The van der Waals surface area contributed by atoms with Gasteiger partial charge in [0.1, 0.15) is 15.8 Å². The van der Waals surface area contributed by atoms with Crippen LogP contribution < -0.4 is 11.1 Å². The summed E-state index contributed by atoms with van der Waals surface area (Å²) < 4.78 is 4.18. The van der Waals surface area contributed by atoms with Gasteiger partial charge in [0.05, 0.1) is 11.7 Å². The van der Waals surface area contributed by atoms with Gasteiger partial charge in [-0.2, -0.15) is 4.37 Å². The molecule has 0 saturated heterocycles. The SMILES string of the molecule is CCC(O)CCNc1snc(N)c1-c1nc(C)cs1. The highest BCUT2D eigenvalue weighted by Crippen LogP contribution is 2.38. The van der Waals surface area contributed by atoms with Crippen LogP contribution in [0.2, 0.25) is 0 Å². The van der Waals surface area contributed by atoms with Gasteiger partial charge in [-0.1, -0.05) is 6.92 Å². The van der Waals surface area contributed by atoms with Crippen LogP contribution in [0.25, 0.3) is 10.6 Å². The van der Waals surface area contributed by atoms with Gasteiger partial charge in [-0.15, -0.1) is 11.3 Å². The second kappa shape index (κ2) is 6.31. The molecule has 0 saturated carbocycles. The fraction of sp³-hybridized carbons (Fsp3) is 0.500. The van der Waals surface area contributed by atoms with Crippen LogP contribution in [0.4, 0.5) is 10.8 Å². The zero-order valence-electron chi connectivity index (χ0n) is 11.0. The Morgan fingerprint density at radius 1 is 1.53 bits per heavy atom. The number of aryl methyl sites for hydroxylation is 1. The van der Waals surface area contributed by atoms with E-state index >= 15 is 0 Å². The van der Waals surface area contributed by atoms with Crippen molar-refractivity contribution in [2.45, 2.75) is 32.8 Å². The van der Waals surface area contributed by atoms with E-state index in [1.807, 2.05) is 19.2 Å². The highest BCUT2D eigenvalue weighted by molar-refractivity contribution is 7.15. The Hall–Kier alpha value is -1.18. The van der Waals surface area contributed by atoms with E-state index in [1.54, 1.807) is 11.3 Å². The largest absolute Gasteiger partial charge is 0.393 e. The van der Waals surface area contributed by atoms with Gasteiger partial charge in [0.2, 0.25) is 0 Å². The first-order valence-corrected chi connectivity index (χ1v) is 7.86. The molecule has 7 heteroatoms. The van der Waals surface area contributed by atoms with E-state index in [0.717, 1.165) is 27.7 Å². The van der Waals surface area contributed by atoms with Crippen molar-refractivity contribution < 1.29 is 5.11 Å². The maximum absolute atomic E-state index is 9.54. The Morgan fingerprint density at radius 2 is 2.32 bits per heavy atom. The summed E-state index contributed by atoms with van der Waals surface area (Å²) in [4.78, 5) is 4.45. The minimum atomic E-state index is -0.261. The molecule has 4 N–H and O–H groups in total. The van der Waals surface area contributed by atoms with Gasteiger partial charge in [-0.25, -0.2) is 4.98 Å². The molecule has 5 nitrogen and oxygen atoms in total. The van der Waals surface area contributed by atoms with E-state index in [-0.39, 0.29) is 6.10 Å². The molecule has 0 aliphatic rings. The number of aliphatic hydroxyl groups is 1. The molecule has 2 aromatic rings. The first-order chi connectivity index (χ1) is 9.11. The quantitative estimate of drug-likeness (QED) is 0.763. The van der Waals surface area contributed by atoms with Gasteiger partial charge in [0.25, 0.3) is 0 Å². The van der Waals surface area contributed by atoms with Crippen molar-refractivity contribution in [2.24, 2.45) is 0 Å². The summed E-state index contributed by atoms with van der Waals surface area (Å²) in [6, 6.07) is 0. The smallest absolute Gasteiger partial charge is 0.149 e. The Balaban J connectivity index is 2.10. The average molecular weight is 298 g/mol. The Morgan fingerprint density at radius 3 is 2.95 bits per heavy atom. The van der Waals surface area contributed by atoms with Gasteiger partial charge < -0.3 is 16.2 Å². The molecule has 0 amide bonds. The normalized spacial score (nSPS) is 12.6. The molecule has 104 valence electrons. The molecular weight excluding hydrogens is 280 g/mol. The van der Waals surface area contributed by atoms with E-state index in [9.17, 15) is 5.11 Å². The molecule has 0 fully saturated rings. The first kappa shape index (κ1) is 14.2. The highest BCUT2D eigenvalue weighted by atomic mass is 32.1. The number of nitrogens with one attached hydrogen (secondary N) is 1. The number of aliphatic hydroxyl groups excluding tert-OH is 1. The van der Waals surface area contributed by atoms with Gasteiger partial charge in [-0.3, -0.25) is 0 Å². The lowest BCUT2D eigenvalue weighted by Crippen LogP contribution is -2.12. The van der Waals surface area contributed by atoms with Crippen molar-refractivity contribution in [3.63, 3.8) is 0 Å². The Bertz CT molecular complexity index is 538. The number of hydrogen-bond donors (Lipinski definition) is 3. The molecule has 0 aliphatic carbocycles. The number of aromatic nitrogens is 2. The summed E-state index contributed by atoms with van der Waals surface area (Å²) >= 11 is 2.90. The minimum Gasteiger partial charge on any atom is -0.393 e. The molecule has 0 spiro atoms. The lowest BCUT2D eigenvalue weighted by Gasteiger charge is -2.09. The van der Waals surface area contributed by atoms with Gasteiger partial charge in [0.15, 0.2) is 0 Å². The third-order valence-corrected chi connectivity index (χ3v) is 4.58. The van der Waals surface area contributed by atoms with Crippen LogP contribution in [0.5, 0.6) is 0 Å². The predicted octanol–water partition coefficient (Wildman–Crippen LogP) is 2.73. The topological polar surface area (TPSA) is 84.1 Å². The van der Waals surface area contributed by atoms with Gasteiger partial charge >= 0.3 is 0 Å². The lowest BCUT2D eigenvalue weighted by atomic mass is 10.2. The van der Waals surface area contributed by atoms with Crippen LogP contribution in [-0.2, 0) is 0 Å². The van der Waals surface area contributed by atoms with Gasteiger partial charge in [-0.05, 0) is 31.3 Å². The third kappa shape index (κ3) is 3.43. The molecule has 0 aliphatic heterocycles. The summed E-state index contributed by atoms with van der Waals surface area (Å²) in [6.07, 6.45) is 1.22. The number of hydrogen-bond acceptors (Lipinski definition) is 7. The summed E-state index contributed by atoms with van der Waals surface area (Å²) in [6.45, 7) is 4.63. The molecule has 0 radical (unpaired) electrons. The fourth-order valence-electron chi connectivity index (χ4n) is 1.66. The monoisotopic (exact) mass is 298 g/mol. The molecular formula is C12H18N4OS2. The molecule has 19 heavy (non-hydrogen) atoms. The fourth-order valence-corrected chi connectivity index (χ4v) is 3.32. The van der Waals surface area contributed by atoms with E-state index in [2.05, 4.69) is 14.7 Å². The van der Waals surface area contributed by atoms with Crippen LogP contribution >= 0.6 is 22.9 Å². The second-order valence-electron chi connectivity index (χ2n) is 4.34. The number of thiazole rings is 1. The van der Waals surface area contributed by atoms with Crippen LogP contribution in [0.3, 0.4) is 0 Å².